The lowest BCUT2D eigenvalue weighted by molar-refractivity contribution is -0.140. The van der Waals surface area contributed by atoms with Crippen molar-refractivity contribution in [1.29, 1.82) is 0 Å². The Hall–Kier alpha value is -3.59. The first-order valence-corrected chi connectivity index (χ1v) is 9.26. The quantitative estimate of drug-likeness (QED) is 0.427. The van der Waals surface area contributed by atoms with E-state index in [0.717, 1.165) is 0 Å². The number of benzene rings is 2. The number of hydrogen-bond acceptors (Lipinski definition) is 7. The van der Waals surface area contributed by atoms with Crippen molar-refractivity contribution < 1.29 is 28.9 Å². The van der Waals surface area contributed by atoms with Crippen LogP contribution in [0.5, 0.6) is 17.2 Å². The van der Waals surface area contributed by atoms with Crippen LogP contribution in [0.2, 0.25) is 0 Å². The zero-order valence-electron chi connectivity index (χ0n) is 16.6. The fraction of sp³-hybridized carbons (Fsp3) is 0.190. The van der Waals surface area contributed by atoms with E-state index in [9.17, 15) is 14.7 Å². The van der Waals surface area contributed by atoms with Crippen LogP contribution >= 0.6 is 12.2 Å². The van der Waals surface area contributed by atoms with Gasteiger partial charge < -0.3 is 24.2 Å². The van der Waals surface area contributed by atoms with Crippen molar-refractivity contribution in [3.63, 3.8) is 0 Å². The van der Waals surface area contributed by atoms with Crippen LogP contribution in [0.4, 0.5) is 5.69 Å². The van der Waals surface area contributed by atoms with Crippen LogP contribution in [-0.4, -0.2) is 54.9 Å². The number of aromatic hydroxyl groups is 1. The number of ether oxygens (including phenoxy) is 3. The molecule has 0 spiro atoms. The molecule has 0 bridgehead atoms. The standard InChI is InChI=1S/C21H20N2O6S/c1-27-15-7-5-14(6-8-15)23-20(26)16(22(21(23)30)12-19(25)29-3)10-13-4-9-18(28-2)17(24)11-13/h4-11,24H,12H2,1-3H3/b16-10-. The average molecular weight is 428 g/mol. The Kier molecular flexibility index (Phi) is 6.22. The van der Waals surface area contributed by atoms with Crippen LogP contribution in [-0.2, 0) is 14.3 Å². The fourth-order valence-electron chi connectivity index (χ4n) is 2.94. The first-order chi connectivity index (χ1) is 14.4. The molecule has 2 aromatic carbocycles. The van der Waals surface area contributed by atoms with Crippen LogP contribution in [0.25, 0.3) is 6.08 Å². The lowest BCUT2D eigenvalue weighted by Gasteiger charge is -2.19. The molecule has 0 aromatic heterocycles. The van der Waals surface area contributed by atoms with E-state index in [1.807, 2.05) is 0 Å². The lowest BCUT2D eigenvalue weighted by Crippen LogP contribution is -2.35. The molecule has 0 aliphatic carbocycles. The van der Waals surface area contributed by atoms with E-state index >= 15 is 0 Å². The third-order valence-electron chi connectivity index (χ3n) is 4.49. The van der Waals surface area contributed by atoms with E-state index in [1.54, 1.807) is 49.6 Å². The van der Waals surface area contributed by atoms with Crippen molar-refractivity contribution >= 4 is 41.0 Å². The van der Waals surface area contributed by atoms with Gasteiger partial charge >= 0.3 is 5.97 Å². The molecule has 30 heavy (non-hydrogen) atoms. The number of phenolic OH excluding ortho intramolecular Hbond substituents is 1. The summed E-state index contributed by atoms with van der Waals surface area (Å²) in [6.45, 7) is -0.234. The predicted octanol–water partition coefficient (Wildman–Crippen LogP) is 2.56. The molecular formula is C21H20N2O6S. The number of nitrogens with zero attached hydrogens (tertiary/aromatic N) is 2. The zero-order valence-corrected chi connectivity index (χ0v) is 17.4. The van der Waals surface area contributed by atoms with E-state index in [4.69, 9.17) is 26.4 Å². The van der Waals surface area contributed by atoms with Crippen molar-refractivity contribution in [2.24, 2.45) is 0 Å². The maximum atomic E-state index is 13.2. The van der Waals surface area contributed by atoms with Crippen molar-refractivity contribution in [2.75, 3.05) is 32.8 Å². The van der Waals surface area contributed by atoms with Crippen LogP contribution in [0.3, 0.4) is 0 Å². The molecule has 9 heteroatoms. The zero-order chi connectivity index (χ0) is 21.8. The monoisotopic (exact) mass is 428 g/mol. The number of carbonyl (C=O) groups excluding carboxylic acids is 2. The molecule has 0 radical (unpaired) electrons. The minimum atomic E-state index is -0.551. The Morgan fingerprint density at radius 3 is 2.37 bits per heavy atom. The summed E-state index contributed by atoms with van der Waals surface area (Å²) in [6, 6.07) is 11.5. The molecule has 1 N–H and O–H groups in total. The van der Waals surface area contributed by atoms with Gasteiger partial charge in [-0.25, -0.2) is 0 Å². The molecule has 8 nitrogen and oxygen atoms in total. The van der Waals surface area contributed by atoms with Crippen molar-refractivity contribution in [2.45, 2.75) is 0 Å². The van der Waals surface area contributed by atoms with Crippen LogP contribution in [0.15, 0.2) is 48.2 Å². The van der Waals surface area contributed by atoms with E-state index in [1.165, 1.54) is 30.1 Å². The Morgan fingerprint density at radius 1 is 1.10 bits per heavy atom. The molecule has 0 atom stereocenters. The van der Waals surface area contributed by atoms with Gasteiger partial charge in [0.25, 0.3) is 5.91 Å². The number of hydrogen-bond donors (Lipinski definition) is 1. The van der Waals surface area contributed by atoms with Gasteiger partial charge in [-0.15, -0.1) is 0 Å². The smallest absolute Gasteiger partial charge is 0.325 e. The van der Waals surface area contributed by atoms with Gasteiger partial charge in [0.2, 0.25) is 0 Å². The second kappa shape index (κ2) is 8.83. The normalized spacial score (nSPS) is 15.0. The molecule has 1 aliphatic rings. The number of amides is 1. The number of phenols is 1. The highest BCUT2D eigenvalue weighted by Crippen LogP contribution is 2.32. The Labute approximate surface area is 178 Å². The van der Waals surface area contributed by atoms with Gasteiger partial charge in [0.1, 0.15) is 18.0 Å². The first-order valence-electron chi connectivity index (χ1n) is 8.85. The summed E-state index contributed by atoms with van der Waals surface area (Å²) in [5.74, 6) is -0.107. The molecule has 0 saturated carbocycles. The molecule has 3 rings (SSSR count). The summed E-state index contributed by atoms with van der Waals surface area (Å²) in [5.41, 5.74) is 1.23. The highest BCUT2D eigenvalue weighted by Gasteiger charge is 2.40. The van der Waals surface area contributed by atoms with Gasteiger partial charge in [0.05, 0.1) is 27.0 Å². The van der Waals surface area contributed by atoms with Crippen molar-refractivity contribution in [1.82, 2.24) is 4.90 Å². The summed E-state index contributed by atoms with van der Waals surface area (Å²) in [7, 11) is 4.25. The molecule has 1 amide bonds. The summed E-state index contributed by atoms with van der Waals surface area (Å²) < 4.78 is 14.9. The maximum absolute atomic E-state index is 13.2. The first kappa shape index (κ1) is 21.1. The highest BCUT2D eigenvalue weighted by atomic mass is 32.1. The largest absolute Gasteiger partial charge is 0.504 e. The van der Waals surface area contributed by atoms with E-state index in [-0.39, 0.29) is 23.1 Å². The third kappa shape index (κ3) is 4.06. The predicted molar refractivity (Wildman–Crippen MR) is 114 cm³/mol. The Morgan fingerprint density at radius 2 is 1.80 bits per heavy atom. The molecule has 1 saturated heterocycles. The van der Waals surface area contributed by atoms with Gasteiger partial charge in [0.15, 0.2) is 16.6 Å². The van der Waals surface area contributed by atoms with Crippen LogP contribution < -0.4 is 14.4 Å². The molecule has 156 valence electrons. The van der Waals surface area contributed by atoms with Crippen LogP contribution in [0, 0.1) is 0 Å². The second-order valence-electron chi connectivity index (χ2n) is 6.24. The fourth-order valence-corrected chi connectivity index (χ4v) is 3.29. The number of esters is 1. The van der Waals surface area contributed by atoms with E-state index in [0.29, 0.717) is 22.7 Å². The Balaban J connectivity index is 2.03. The summed E-state index contributed by atoms with van der Waals surface area (Å²) in [6.07, 6.45) is 1.54. The van der Waals surface area contributed by atoms with Crippen LogP contribution in [0.1, 0.15) is 5.56 Å². The summed E-state index contributed by atoms with van der Waals surface area (Å²) in [5, 5.41) is 10.2. The third-order valence-corrected chi connectivity index (χ3v) is 4.89. The second-order valence-corrected chi connectivity index (χ2v) is 6.61. The van der Waals surface area contributed by atoms with E-state index in [2.05, 4.69) is 0 Å². The number of methoxy groups -OCH3 is 3. The van der Waals surface area contributed by atoms with Gasteiger partial charge in [-0.05, 0) is 60.3 Å². The number of anilines is 1. The molecule has 1 aliphatic heterocycles. The molecular weight excluding hydrogens is 408 g/mol. The minimum Gasteiger partial charge on any atom is -0.504 e. The summed E-state index contributed by atoms with van der Waals surface area (Å²) in [4.78, 5) is 27.9. The SMILES string of the molecule is COC(=O)CN1C(=S)N(c2ccc(OC)cc2)C(=O)/C1=C/c1ccc(OC)c(O)c1. The van der Waals surface area contributed by atoms with E-state index < -0.39 is 11.9 Å². The van der Waals surface area contributed by atoms with Crippen molar-refractivity contribution in [3.05, 3.63) is 53.7 Å². The molecule has 1 heterocycles. The van der Waals surface area contributed by atoms with Gasteiger partial charge in [-0.2, -0.15) is 0 Å². The summed E-state index contributed by atoms with van der Waals surface area (Å²) >= 11 is 5.49. The van der Waals surface area contributed by atoms with Gasteiger partial charge in [-0.1, -0.05) is 6.07 Å². The van der Waals surface area contributed by atoms with Crippen molar-refractivity contribution in [3.8, 4) is 17.2 Å². The van der Waals surface area contributed by atoms with Gasteiger partial charge in [-0.3, -0.25) is 14.5 Å². The Bertz CT molecular complexity index is 1020. The average Bonchev–Trinajstić information content (AvgIpc) is 2.97. The lowest BCUT2D eigenvalue weighted by atomic mass is 10.1. The topological polar surface area (TPSA) is 88.5 Å². The molecule has 1 fully saturated rings. The highest BCUT2D eigenvalue weighted by molar-refractivity contribution is 7.80. The molecule has 2 aromatic rings. The number of thiocarbonyl (C=S) groups is 1. The molecule has 0 unspecified atom stereocenters. The number of rotatable bonds is 6. The maximum Gasteiger partial charge on any atom is 0.325 e. The number of carbonyl (C=O) groups is 2. The minimum absolute atomic E-state index is 0.0774. The van der Waals surface area contributed by atoms with Gasteiger partial charge in [0, 0.05) is 0 Å².